The van der Waals surface area contributed by atoms with Crippen molar-refractivity contribution in [2.75, 3.05) is 21.3 Å². The second-order valence-corrected chi connectivity index (χ2v) is 5.38. The molecule has 0 fully saturated rings. The van der Waals surface area contributed by atoms with Crippen molar-refractivity contribution in [3.63, 3.8) is 0 Å². The van der Waals surface area contributed by atoms with Crippen LogP contribution in [0.15, 0.2) is 18.5 Å². The highest BCUT2D eigenvalue weighted by atomic mass is 16.5. The number of carboxylic acid groups (broad SMARTS) is 1. The lowest BCUT2D eigenvalue weighted by Crippen LogP contribution is -2.45. The molecule has 24 heavy (non-hydrogen) atoms. The number of hydrogen-bond acceptors (Lipinski definition) is 6. The molecule has 0 amide bonds. The van der Waals surface area contributed by atoms with Gasteiger partial charge in [-0.05, 0) is 12.1 Å². The van der Waals surface area contributed by atoms with Gasteiger partial charge in [-0.1, -0.05) is 0 Å². The van der Waals surface area contributed by atoms with Gasteiger partial charge >= 0.3 is 5.97 Å². The number of carbonyl (C=O) groups is 1. The van der Waals surface area contributed by atoms with Gasteiger partial charge in [-0.25, -0.2) is 4.98 Å². The van der Waals surface area contributed by atoms with Crippen LogP contribution in [0.1, 0.15) is 23.0 Å². The topological polar surface area (TPSA) is 106 Å². The Morgan fingerprint density at radius 3 is 2.58 bits per heavy atom. The van der Waals surface area contributed by atoms with Gasteiger partial charge in [0.05, 0.1) is 39.4 Å². The van der Waals surface area contributed by atoms with Crippen LogP contribution in [0.25, 0.3) is 0 Å². The number of fused-ring (bicyclic) bond motifs is 1. The van der Waals surface area contributed by atoms with E-state index in [0.717, 1.165) is 17.0 Å². The number of aromatic nitrogens is 2. The van der Waals surface area contributed by atoms with E-state index in [1.165, 1.54) is 14.2 Å². The second kappa shape index (κ2) is 6.40. The Morgan fingerprint density at radius 1 is 1.21 bits per heavy atom. The lowest BCUT2D eigenvalue weighted by molar-refractivity contribution is -0.139. The maximum Gasteiger partial charge on any atom is 0.321 e. The maximum absolute atomic E-state index is 11.5. The van der Waals surface area contributed by atoms with Crippen LogP contribution >= 0.6 is 0 Å². The second-order valence-electron chi connectivity index (χ2n) is 5.38. The SMILES string of the molecule is COc1ccc([C@@H]2N[C@H](C(=O)O)Cc3[nH]cnc32)c(OC)c1OC. The largest absolute Gasteiger partial charge is 0.493 e. The molecule has 0 unspecified atom stereocenters. The molecule has 1 aliphatic heterocycles. The highest BCUT2D eigenvalue weighted by Crippen LogP contribution is 2.44. The Hall–Kier alpha value is -2.74. The molecule has 0 radical (unpaired) electrons. The molecule has 1 aromatic carbocycles. The van der Waals surface area contributed by atoms with E-state index in [2.05, 4.69) is 15.3 Å². The van der Waals surface area contributed by atoms with Crippen molar-refractivity contribution in [1.82, 2.24) is 15.3 Å². The van der Waals surface area contributed by atoms with Crippen molar-refractivity contribution in [3.05, 3.63) is 35.4 Å². The summed E-state index contributed by atoms with van der Waals surface area (Å²) in [6, 6.07) is 2.42. The number of ether oxygens (including phenoxy) is 3. The lowest BCUT2D eigenvalue weighted by atomic mass is 9.93. The number of benzene rings is 1. The van der Waals surface area contributed by atoms with E-state index in [-0.39, 0.29) is 0 Å². The number of carboxylic acids is 1. The third-order valence-electron chi connectivity index (χ3n) is 4.14. The first-order valence-corrected chi connectivity index (χ1v) is 7.40. The number of aromatic amines is 1. The van der Waals surface area contributed by atoms with Gasteiger partial charge in [0.15, 0.2) is 11.5 Å². The fourth-order valence-corrected chi connectivity index (χ4v) is 3.03. The molecule has 0 saturated carbocycles. The van der Waals surface area contributed by atoms with Crippen LogP contribution < -0.4 is 19.5 Å². The summed E-state index contributed by atoms with van der Waals surface area (Å²) in [5, 5.41) is 12.5. The van der Waals surface area contributed by atoms with Crippen molar-refractivity contribution in [2.24, 2.45) is 0 Å². The minimum atomic E-state index is -0.917. The van der Waals surface area contributed by atoms with Crippen LogP contribution in [-0.4, -0.2) is 48.4 Å². The third-order valence-corrected chi connectivity index (χ3v) is 4.14. The fraction of sp³-hybridized carbons (Fsp3) is 0.375. The Labute approximate surface area is 138 Å². The van der Waals surface area contributed by atoms with Crippen LogP contribution in [0.3, 0.4) is 0 Å². The van der Waals surface area contributed by atoms with Crippen molar-refractivity contribution >= 4 is 5.97 Å². The average Bonchev–Trinajstić information content (AvgIpc) is 3.07. The molecule has 8 heteroatoms. The molecule has 1 aliphatic rings. The monoisotopic (exact) mass is 333 g/mol. The molecular formula is C16H19N3O5. The Morgan fingerprint density at radius 2 is 1.96 bits per heavy atom. The quantitative estimate of drug-likeness (QED) is 0.753. The van der Waals surface area contributed by atoms with Crippen molar-refractivity contribution in [1.29, 1.82) is 0 Å². The van der Waals surface area contributed by atoms with Crippen LogP contribution in [0.2, 0.25) is 0 Å². The Balaban J connectivity index is 2.13. The number of hydrogen-bond donors (Lipinski definition) is 3. The summed E-state index contributed by atoms with van der Waals surface area (Å²) in [5.41, 5.74) is 2.27. The minimum absolute atomic E-state index is 0.344. The molecule has 3 N–H and O–H groups in total. The van der Waals surface area contributed by atoms with Gasteiger partial charge in [-0.2, -0.15) is 0 Å². The maximum atomic E-state index is 11.5. The van der Waals surface area contributed by atoms with Crippen LogP contribution in [0.4, 0.5) is 0 Å². The molecule has 0 spiro atoms. The van der Waals surface area contributed by atoms with Gasteiger partial charge < -0.3 is 24.3 Å². The summed E-state index contributed by atoms with van der Waals surface area (Å²) in [7, 11) is 4.60. The van der Waals surface area contributed by atoms with E-state index in [9.17, 15) is 9.90 Å². The number of H-pyrrole nitrogens is 1. The summed E-state index contributed by atoms with van der Waals surface area (Å²) in [4.78, 5) is 18.8. The number of imidazole rings is 1. The summed E-state index contributed by atoms with van der Waals surface area (Å²) in [6.07, 6.45) is 1.91. The molecule has 2 heterocycles. The molecule has 2 aromatic rings. The van der Waals surface area contributed by atoms with Crippen molar-refractivity contribution in [2.45, 2.75) is 18.5 Å². The fourth-order valence-electron chi connectivity index (χ4n) is 3.03. The molecule has 0 aliphatic carbocycles. The highest BCUT2D eigenvalue weighted by Gasteiger charge is 2.35. The number of methoxy groups -OCH3 is 3. The Kier molecular flexibility index (Phi) is 4.30. The van der Waals surface area contributed by atoms with Gasteiger partial charge in [-0.15, -0.1) is 0 Å². The van der Waals surface area contributed by atoms with E-state index in [1.54, 1.807) is 19.5 Å². The number of aliphatic carboxylic acids is 1. The third kappa shape index (κ3) is 2.54. The van der Waals surface area contributed by atoms with Crippen LogP contribution in [0.5, 0.6) is 17.2 Å². The minimum Gasteiger partial charge on any atom is -0.493 e. The van der Waals surface area contributed by atoms with E-state index in [0.29, 0.717) is 23.7 Å². The van der Waals surface area contributed by atoms with Gasteiger partial charge in [0.25, 0.3) is 0 Å². The van der Waals surface area contributed by atoms with Crippen molar-refractivity contribution < 1.29 is 24.1 Å². The molecule has 1 aromatic heterocycles. The predicted molar refractivity (Wildman–Crippen MR) is 84.8 cm³/mol. The Bertz CT molecular complexity index is 758. The highest BCUT2D eigenvalue weighted by molar-refractivity contribution is 5.74. The lowest BCUT2D eigenvalue weighted by Gasteiger charge is -2.29. The van der Waals surface area contributed by atoms with Crippen LogP contribution in [-0.2, 0) is 11.2 Å². The first-order chi connectivity index (χ1) is 11.6. The van der Waals surface area contributed by atoms with E-state index >= 15 is 0 Å². The molecule has 3 rings (SSSR count). The zero-order valence-corrected chi connectivity index (χ0v) is 13.6. The van der Waals surface area contributed by atoms with Crippen LogP contribution in [0, 0.1) is 0 Å². The first kappa shape index (κ1) is 16.1. The smallest absolute Gasteiger partial charge is 0.321 e. The summed E-state index contributed by atoms with van der Waals surface area (Å²) in [5.74, 6) is 0.550. The van der Waals surface area contributed by atoms with Gasteiger partial charge in [0.2, 0.25) is 5.75 Å². The van der Waals surface area contributed by atoms with E-state index in [1.807, 2.05) is 6.07 Å². The number of nitrogens with one attached hydrogen (secondary N) is 2. The van der Waals surface area contributed by atoms with E-state index < -0.39 is 18.1 Å². The first-order valence-electron chi connectivity index (χ1n) is 7.40. The van der Waals surface area contributed by atoms with Gasteiger partial charge in [-0.3, -0.25) is 10.1 Å². The molecule has 2 atom stereocenters. The van der Waals surface area contributed by atoms with Crippen molar-refractivity contribution in [3.8, 4) is 17.2 Å². The van der Waals surface area contributed by atoms with Gasteiger partial charge in [0, 0.05) is 17.7 Å². The predicted octanol–water partition coefficient (Wildman–Crippen LogP) is 1.12. The summed E-state index contributed by atoms with van der Waals surface area (Å²) < 4.78 is 16.2. The standard InChI is InChI=1S/C16H19N3O5/c1-22-11-5-4-8(14(23-2)15(11)24-3)12-13-9(17-7-18-13)6-10(19-12)16(20)21/h4-5,7,10,12,19H,6H2,1-3H3,(H,17,18)(H,20,21)/t10-,12-/m0/s1. The molecular weight excluding hydrogens is 314 g/mol. The van der Waals surface area contributed by atoms with E-state index in [4.69, 9.17) is 14.2 Å². The molecule has 128 valence electrons. The number of nitrogens with zero attached hydrogens (tertiary/aromatic N) is 1. The van der Waals surface area contributed by atoms with Gasteiger partial charge in [0.1, 0.15) is 6.04 Å². The zero-order chi connectivity index (χ0) is 17.3. The molecule has 0 bridgehead atoms. The zero-order valence-electron chi connectivity index (χ0n) is 13.6. The molecule has 0 saturated heterocycles. The summed E-state index contributed by atoms with van der Waals surface area (Å²) in [6.45, 7) is 0. The normalized spacial score (nSPS) is 19.5. The number of rotatable bonds is 5. The average molecular weight is 333 g/mol. The summed E-state index contributed by atoms with van der Waals surface area (Å²) >= 11 is 0. The molecule has 8 nitrogen and oxygen atoms in total.